The molecule has 1 unspecified atom stereocenters. The summed E-state index contributed by atoms with van der Waals surface area (Å²) in [5.74, 6) is 0.476. The number of aliphatic hydroxyl groups excluding tert-OH is 1. The molecule has 5 heteroatoms. The van der Waals surface area contributed by atoms with Crippen LogP contribution >= 0.6 is 0 Å². The minimum Gasteiger partial charge on any atom is -0.457 e. The molecule has 24 heavy (non-hydrogen) atoms. The number of β-amino-alcohol motifs (C(OH)–C–C–N with tert-alkyl or cyclic N) is 1. The number of hydrogen-bond acceptors (Lipinski definition) is 4. The zero-order valence-corrected chi connectivity index (χ0v) is 14.3. The second-order valence-corrected chi connectivity index (χ2v) is 7.59. The van der Waals surface area contributed by atoms with Crippen LogP contribution in [0, 0.1) is 12.8 Å². The van der Waals surface area contributed by atoms with Gasteiger partial charge >= 0.3 is 5.97 Å². The van der Waals surface area contributed by atoms with Crippen LogP contribution in [0.25, 0.3) is 0 Å². The van der Waals surface area contributed by atoms with Crippen LogP contribution in [-0.4, -0.2) is 36.2 Å². The van der Waals surface area contributed by atoms with Crippen molar-refractivity contribution < 1.29 is 20.0 Å². The number of esters is 1. The van der Waals surface area contributed by atoms with E-state index in [4.69, 9.17) is 4.74 Å². The summed E-state index contributed by atoms with van der Waals surface area (Å²) in [5.41, 5.74) is 3.71. The number of carbonyl (C=O) groups is 1. The van der Waals surface area contributed by atoms with Gasteiger partial charge in [-0.25, -0.2) is 4.79 Å². The number of carbonyl (C=O) groups excluding carboxylic acids is 1. The van der Waals surface area contributed by atoms with Crippen molar-refractivity contribution in [1.82, 2.24) is 5.32 Å². The van der Waals surface area contributed by atoms with Gasteiger partial charge in [-0.15, -0.1) is 0 Å². The first kappa shape index (κ1) is 16.1. The van der Waals surface area contributed by atoms with E-state index in [0.29, 0.717) is 18.7 Å². The van der Waals surface area contributed by atoms with E-state index in [-0.39, 0.29) is 11.5 Å². The zero-order chi connectivity index (χ0) is 16.7. The molecule has 4 N–H and O–H groups in total. The van der Waals surface area contributed by atoms with E-state index in [0.717, 1.165) is 22.6 Å². The van der Waals surface area contributed by atoms with E-state index in [1.165, 1.54) is 38.8 Å². The van der Waals surface area contributed by atoms with Crippen molar-refractivity contribution >= 4 is 5.97 Å². The van der Waals surface area contributed by atoms with E-state index >= 15 is 0 Å². The fraction of sp³-hybridized carbons (Fsp3) is 0.632. The van der Waals surface area contributed by atoms with E-state index in [2.05, 4.69) is 10.6 Å². The van der Waals surface area contributed by atoms with Crippen LogP contribution in [0.2, 0.25) is 0 Å². The Morgan fingerprint density at radius 1 is 1.46 bits per heavy atom. The van der Waals surface area contributed by atoms with Crippen LogP contribution in [0.5, 0.6) is 0 Å². The number of benzene rings is 1. The Morgan fingerprint density at radius 2 is 2.29 bits per heavy atom. The van der Waals surface area contributed by atoms with Crippen molar-refractivity contribution in [3.63, 3.8) is 0 Å². The molecule has 1 aromatic carbocycles. The highest BCUT2D eigenvalue weighted by Crippen LogP contribution is 2.40. The third-order valence-electron chi connectivity index (χ3n) is 6.41. The lowest BCUT2D eigenvalue weighted by Gasteiger charge is -2.47. The van der Waals surface area contributed by atoms with Gasteiger partial charge in [-0.2, -0.15) is 0 Å². The molecule has 1 aromatic rings. The molecule has 1 saturated carbocycles. The fourth-order valence-corrected chi connectivity index (χ4v) is 4.68. The molecule has 0 aromatic heterocycles. The molecule has 0 amide bonds. The first-order valence-corrected chi connectivity index (χ1v) is 9.15. The van der Waals surface area contributed by atoms with Crippen LogP contribution in [0.3, 0.4) is 0 Å². The van der Waals surface area contributed by atoms with E-state index in [1.54, 1.807) is 6.07 Å². The second-order valence-electron chi connectivity index (χ2n) is 7.59. The van der Waals surface area contributed by atoms with Crippen molar-refractivity contribution in [2.45, 2.75) is 50.9 Å². The predicted molar refractivity (Wildman–Crippen MR) is 89.6 cm³/mol. The first-order chi connectivity index (χ1) is 11.6. The van der Waals surface area contributed by atoms with Gasteiger partial charge in [0.2, 0.25) is 0 Å². The highest BCUT2D eigenvalue weighted by atomic mass is 16.5. The molecule has 2 heterocycles. The number of cyclic esters (lactones) is 1. The predicted octanol–water partition coefficient (Wildman–Crippen LogP) is 0.794. The lowest BCUT2D eigenvalue weighted by Crippen LogP contribution is -2.82. The zero-order valence-electron chi connectivity index (χ0n) is 14.3. The van der Waals surface area contributed by atoms with Crippen molar-refractivity contribution in [2.75, 3.05) is 19.6 Å². The highest BCUT2D eigenvalue weighted by molar-refractivity contribution is 5.93. The molecular weight excluding hydrogens is 304 g/mol. The lowest BCUT2D eigenvalue weighted by atomic mass is 9.67. The molecule has 1 saturated heterocycles. The topological polar surface area (TPSA) is 75.2 Å². The second kappa shape index (κ2) is 6.14. The Labute approximate surface area is 142 Å². The van der Waals surface area contributed by atoms with Crippen LogP contribution in [0.1, 0.15) is 58.8 Å². The van der Waals surface area contributed by atoms with Gasteiger partial charge in [0.15, 0.2) is 0 Å². The average Bonchev–Trinajstić information content (AvgIpc) is 3.18. The van der Waals surface area contributed by atoms with Crippen molar-refractivity contribution in [2.24, 2.45) is 5.92 Å². The highest BCUT2D eigenvalue weighted by Gasteiger charge is 2.46. The molecule has 2 aliphatic heterocycles. The molecule has 0 bridgehead atoms. The maximum absolute atomic E-state index is 11.6. The minimum absolute atomic E-state index is 0.234. The number of ether oxygens (including phenoxy) is 1. The SMILES string of the molecule is Cc1c([C@@H](O)CNC2(C3CC[NH2+]C3)CCC2)ccc2c1COC2=O. The van der Waals surface area contributed by atoms with Gasteiger partial charge in [-0.05, 0) is 43.4 Å². The number of nitrogens with one attached hydrogen (secondary N) is 1. The Hall–Kier alpha value is -1.43. The summed E-state index contributed by atoms with van der Waals surface area (Å²) in [7, 11) is 0. The normalized spacial score (nSPS) is 25.9. The Kier molecular flexibility index (Phi) is 4.11. The summed E-state index contributed by atoms with van der Waals surface area (Å²) < 4.78 is 5.11. The number of hydrogen-bond donors (Lipinski definition) is 3. The molecule has 3 aliphatic rings. The monoisotopic (exact) mass is 331 g/mol. The number of quaternary nitrogens is 1. The largest absolute Gasteiger partial charge is 0.457 e. The third-order valence-corrected chi connectivity index (χ3v) is 6.41. The summed E-state index contributed by atoms with van der Waals surface area (Å²) >= 11 is 0. The van der Waals surface area contributed by atoms with Crippen molar-refractivity contribution in [3.8, 4) is 0 Å². The standard InChI is InChI=1S/C19H26N2O3/c1-12-14(3-4-15-16(12)11-24-18(15)23)17(22)10-21-19(6-2-7-19)13-5-8-20-9-13/h3-4,13,17,20-22H,2,5-11H2,1H3/p+1/t13?,17-/m0/s1. The molecule has 130 valence electrons. The van der Waals surface area contributed by atoms with Crippen LogP contribution in [0.4, 0.5) is 0 Å². The Balaban J connectivity index is 1.47. The average molecular weight is 331 g/mol. The Bertz CT molecular complexity index is 648. The number of fused-ring (bicyclic) bond motifs is 1. The molecule has 2 fully saturated rings. The van der Waals surface area contributed by atoms with E-state index in [1.807, 2.05) is 13.0 Å². The van der Waals surface area contributed by atoms with Crippen LogP contribution < -0.4 is 10.6 Å². The maximum Gasteiger partial charge on any atom is 0.338 e. The molecule has 1 aliphatic carbocycles. The molecular formula is C19H27N2O3+. The summed E-state index contributed by atoms with van der Waals surface area (Å²) in [6.45, 7) is 5.32. The van der Waals surface area contributed by atoms with E-state index in [9.17, 15) is 9.90 Å². The maximum atomic E-state index is 11.6. The van der Waals surface area contributed by atoms with Gasteiger partial charge < -0.3 is 20.5 Å². The third kappa shape index (κ3) is 2.55. The minimum atomic E-state index is -0.547. The van der Waals surface area contributed by atoms with Crippen LogP contribution in [-0.2, 0) is 11.3 Å². The molecule has 0 radical (unpaired) electrons. The van der Waals surface area contributed by atoms with Gasteiger partial charge in [0.25, 0.3) is 0 Å². The van der Waals surface area contributed by atoms with Gasteiger partial charge in [0.05, 0.1) is 24.8 Å². The molecule has 4 rings (SSSR count). The number of aliphatic hydroxyl groups is 1. The lowest BCUT2D eigenvalue weighted by molar-refractivity contribution is -0.638. The van der Waals surface area contributed by atoms with Gasteiger partial charge in [-0.3, -0.25) is 0 Å². The smallest absolute Gasteiger partial charge is 0.338 e. The van der Waals surface area contributed by atoms with Crippen molar-refractivity contribution in [1.29, 1.82) is 0 Å². The molecule has 0 spiro atoms. The van der Waals surface area contributed by atoms with Gasteiger partial charge in [0, 0.05) is 30.0 Å². The van der Waals surface area contributed by atoms with Crippen molar-refractivity contribution in [3.05, 3.63) is 34.4 Å². The van der Waals surface area contributed by atoms with Gasteiger partial charge in [-0.1, -0.05) is 6.07 Å². The molecule has 2 atom stereocenters. The van der Waals surface area contributed by atoms with Crippen LogP contribution in [0.15, 0.2) is 12.1 Å². The van der Waals surface area contributed by atoms with Gasteiger partial charge in [0.1, 0.15) is 6.61 Å². The summed E-state index contributed by atoms with van der Waals surface area (Å²) in [6, 6.07) is 3.67. The first-order valence-electron chi connectivity index (χ1n) is 9.15. The molecule has 5 nitrogen and oxygen atoms in total. The fourth-order valence-electron chi connectivity index (χ4n) is 4.68. The van der Waals surface area contributed by atoms with E-state index < -0.39 is 6.10 Å². The summed E-state index contributed by atoms with van der Waals surface area (Å²) in [4.78, 5) is 11.6. The summed E-state index contributed by atoms with van der Waals surface area (Å²) in [6.07, 6.45) is 4.47. The number of rotatable bonds is 5. The Morgan fingerprint density at radius 3 is 2.96 bits per heavy atom. The number of nitrogens with two attached hydrogens (primary N) is 1. The summed E-state index contributed by atoms with van der Waals surface area (Å²) in [5, 5.41) is 16.8. The quantitative estimate of drug-likeness (QED) is 0.698.